The standard InChI is InChI=1S/C32H33F3N7O6S/c1-17-22(47-2)9-8-20-24(17)38-25(28-37-23(15-49-28)32(33,34)35)39-27(20)48-19-10-12-41-21(13-19)26(44)40-31(16-43)14-18(31)7-5-3-4-6-11-42(29(36)45)30(41)46/h5,7-9,15,18-19,21H,3-4,6,10-14H2,1-2H3,(H2,36,45)(H,40,44)/b7-5-/t18-,19+,21+,31+/m1/s1. The number of primary amides is 1. The molecule has 0 bridgehead atoms. The molecule has 2 aromatic heterocycles. The predicted molar refractivity (Wildman–Crippen MR) is 170 cm³/mol. The van der Waals surface area contributed by atoms with Crippen molar-refractivity contribution in [1.82, 2.24) is 30.1 Å². The molecule has 0 spiro atoms. The molecule has 3 N–H and O–H groups in total. The number of aryl methyl sites for hydroxylation is 1. The van der Waals surface area contributed by atoms with Crippen LogP contribution < -0.4 is 20.5 Å². The maximum atomic E-state index is 13.9. The minimum atomic E-state index is -4.66. The van der Waals surface area contributed by atoms with E-state index in [4.69, 9.17) is 15.2 Å². The zero-order valence-corrected chi connectivity index (χ0v) is 27.4. The quantitative estimate of drug-likeness (QED) is 0.363. The van der Waals surface area contributed by atoms with Crippen molar-refractivity contribution >= 4 is 46.5 Å². The molecular weight excluding hydrogens is 667 g/mol. The van der Waals surface area contributed by atoms with Gasteiger partial charge in [-0.25, -0.2) is 24.5 Å². The first kappa shape index (κ1) is 34.1. The Morgan fingerprint density at radius 1 is 1.18 bits per heavy atom. The smallest absolute Gasteiger partial charge is 0.434 e. The third-order valence-electron chi connectivity index (χ3n) is 9.03. The molecule has 13 nitrogen and oxygen atoms in total. The lowest BCUT2D eigenvalue weighted by Crippen LogP contribution is -2.61. The number of methoxy groups -OCH3 is 1. The van der Waals surface area contributed by atoms with E-state index in [9.17, 15) is 32.3 Å². The number of allylic oxidation sites excluding steroid dienone is 1. The fraction of sp³-hybridized carbons (Fsp3) is 0.469. The van der Waals surface area contributed by atoms with E-state index < -0.39 is 47.5 Å². The van der Waals surface area contributed by atoms with E-state index in [0.717, 1.165) is 21.6 Å². The molecule has 4 atom stereocenters. The van der Waals surface area contributed by atoms with Crippen molar-refractivity contribution in [2.24, 2.45) is 11.7 Å². The number of urea groups is 2. The minimum absolute atomic E-state index is 0.0172. The summed E-state index contributed by atoms with van der Waals surface area (Å²) in [7, 11) is 1.47. The molecule has 2 aliphatic heterocycles. The number of aromatic nitrogens is 3. The molecule has 1 saturated carbocycles. The number of benzene rings is 1. The molecule has 4 heterocycles. The number of carbonyl (C=O) groups is 3. The summed E-state index contributed by atoms with van der Waals surface area (Å²) in [6.07, 6.45) is 2.64. The molecule has 3 aliphatic rings. The van der Waals surface area contributed by atoms with E-state index in [1.165, 1.54) is 12.0 Å². The van der Waals surface area contributed by atoms with Crippen LogP contribution in [-0.4, -0.2) is 86.9 Å². The zero-order chi connectivity index (χ0) is 35.1. The van der Waals surface area contributed by atoms with Crippen molar-refractivity contribution in [2.75, 3.05) is 20.2 Å². The lowest BCUT2D eigenvalue weighted by Gasteiger charge is -2.40. The van der Waals surface area contributed by atoms with Crippen molar-refractivity contribution < 1.29 is 41.8 Å². The van der Waals surface area contributed by atoms with Gasteiger partial charge in [-0.1, -0.05) is 12.2 Å². The molecule has 2 fully saturated rings. The number of halogens is 3. The lowest BCUT2D eigenvalue weighted by atomic mass is 9.98. The van der Waals surface area contributed by atoms with Crippen LogP contribution >= 0.6 is 11.3 Å². The van der Waals surface area contributed by atoms with Gasteiger partial charge in [-0.15, -0.1) is 11.3 Å². The first-order valence-electron chi connectivity index (χ1n) is 15.7. The number of nitrogens with two attached hydrogens (primary N) is 1. The van der Waals surface area contributed by atoms with Gasteiger partial charge in [0.1, 0.15) is 23.4 Å². The number of alkyl halides is 3. The van der Waals surface area contributed by atoms with Gasteiger partial charge in [0.15, 0.2) is 16.5 Å². The van der Waals surface area contributed by atoms with Crippen molar-refractivity contribution in [1.29, 1.82) is 0 Å². The van der Waals surface area contributed by atoms with Crippen LogP contribution in [0.5, 0.6) is 11.6 Å². The molecule has 1 aliphatic carbocycles. The highest BCUT2D eigenvalue weighted by atomic mass is 32.1. The maximum Gasteiger partial charge on any atom is 0.434 e. The molecule has 3 aromatic rings. The fourth-order valence-electron chi connectivity index (χ4n) is 6.23. The highest BCUT2D eigenvalue weighted by Gasteiger charge is 2.56. The summed E-state index contributed by atoms with van der Waals surface area (Å²) in [6.45, 7) is 1.78. The predicted octanol–water partition coefficient (Wildman–Crippen LogP) is 4.53. The van der Waals surface area contributed by atoms with E-state index >= 15 is 0 Å². The van der Waals surface area contributed by atoms with Crippen molar-refractivity contribution in [2.45, 2.75) is 69.3 Å². The summed E-state index contributed by atoms with van der Waals surface area (Å²) in [4.78, 5) is 66.8. The van der Waals surface area contributed by atoms with E-state index in [1.807, 2.05) is 18.4 Å². The molecule has 259 valence electrons. The van der Waals surface area contributed by atoms with Crippen LogP contribution in [0.1, 0.15) is 49.8 Å². The van der Waals surface area contributed by atoms with Crippen LogP contribution in [0.25, 0.3) is 21.7 Å². The Morgan fingerprint density at radius 2 is 1.98 bits per heavy atom. The average Bonchev–Trinajstić information content (AvgIpc) is 3.48. The normalized spacial score (nSPS) is 25.4. The van der Waals surface area contributed by atoms with Gasteiger partial charge >= 0.3 is 18.2 Å². The van der Waals surface area contributed by atoms with Crippen LogP contribution in [0, 0.1) is 12.8 Å². The number of imide groups is 1. The molecule has 0 unspecified atom stereocenters. The third kappa shape index (κ3) is 6.75. The van der Waals surface area contributed by atoms with Crippen LogP contribution in [0.4, 0.5) is 22.8 Å². The SMILES string of the molecule is COc1ccc2c(O[C@H]3CCN4C(=O)N(C(N)=O)CCCC/C=C\[C@@H]5C[C@@]5([C]=O)NC(=O)[C@@H]4C3)nc(-c3nc(C(F)(F)F)cs3)nc2c1C. The molecule has 6 rings (SSSR count). The minimum Gasteiger partial charge on any atom is -0.496 e. The third-order valence-corrected chi connectivity index (χ3v) is 9.87. The van der Waals surface area contributed by atoms with E-state index in [1.54, 1.807) is 19.1 Å². The van der Waals surface area contributed by atoms with Crippen LogP contribution in [0.2, 0.25) is 0 Å². The summed E-state index contributed by atoms with van der Waals surface area (Å²) in [5.74, 6) is -0.456. The maximum absolute atomic E-state index is 13.9. The van der Waals surface area contributed by atoms with Crippen LogP contribution in [0.3, 0.4) is 0 Å². The molecule has 1 saturated heterocycles. The zero-order valence-electron chi connectivity index (χ0n) is 26.6. The second-order valence-electron chi connectivity index (χ2n) is 12.2. The number of rotatable bonds is 5. The van der Waals surface area contributed by atoms with Gasteiger partial charge in [-0.2, -0.15) is 18.2 Å². The Kier molecular flexibility index (Phi) is 9.21. The van der Waals surface area contributed by atoms with Crippen molar-refractivity contribution in [3.8, 4) is 22.5 Å². The van der Waals surface area contributed by atoms with Gasteiger partial charge in [-0.3, -0.25) is 9.59 Å². The molecule has 5 amide bonds. The first-order valence-corrected chi connectivity index (χ1v) is 16.5. The molecule has 1 radical (unpaired) electrons. The Hall–Kier alpha value is -4.80. The number of fused-ring (bicyclic) bond motifs is 3. The number of piperidine rings is 1. The van der Waals surface area contributed by atoms with Gasteiger partial charge < -0.3 is 25.4 Å². The number of nitrogens with zero attached hydrogens (tertiary/aromatic N) is 5. The highest BCUT2D eigenvalue weighted by Crippen LogP contribution is 2.44. The number of amides is 5. The summed E-state index contributed by atoms with van der Waals surface area (Å²) in [5, 5.41) is 4.01. The summed E-state index contributed by atoms with van der Waals surface area (Å²) in [6, 6.07) is 0.475. The van der Waals surface area contributed by atoms with E-state index in [0.29, 0.717) is 47.9 Å². The van der Waals surface area contributed by atoms with Gasteiger partial charge in [0.2, 0.25) is 18.1 Å². The molecule has 17 heteroatoms. The summed E-state index contributed by atoms with van der Waals surface area (Å²) < 4.78 is 52.0. The first-order chi connectivity index (χ1) is 23.3. The average molecular weight is 701 g/mol. The van der Waals surface area contributed by atoms with Gasteiger partial charge in [0, 0.05) is 42.8 Å². The van der Waals surface area contributed by atoms with E-state index in [-0.39, 0.29) is 48.6 Å². The lowest BCUT2D eigenvalue weighted by molar-refractivity contribution is -0.140. The Balaban J connectivity index is 1.35. The van der Waals surface area contributed by atoms with Crippen LogP contribution in [0.15, 0.2) is 29.7 Å². The fourth-order valence-corrected chi connectivity index (χ4v) is 6.99. The second-order valence-corrected chi connectivity index (χ2v) is 13.1. The monoisotopic (exact) mass is 700 g/mol. The molecule has 49 heavy (non-hydrogen) atoms. The summed E-state index contributed by atoms with van der Waals surface area (Å²) in [5.41, 5.74) is 4.21. The number of ether oxygens (including phenoxy) is 2. The molecule has 1 aromatic carbocycles. The highest BCUT2D eigenvalue weighted by molar-refractivity contribution is 7.13. The van der Waals surface area contributed by atoms with Gasteiger partial charge in [0.25, 0.3) is 0 Å². The number of carbonyl (C=O) groups excluding carboxylic acids is 4. The van der Waals surface area contributed by atoms with Crippen molar-refractivity contribution in [3.05, 3.63) is 40.9 Å². The van der Waals surface area contributed by atoms with Gasteiger partial charge in [0.05, 0.1) is 18.0 Å². The number of nitrogens with one attached hydrogen (secondary N) is 1. The topological polar surface area (TPSA) is 170 Å². The Morgan fingerprint density at radius 3 is 2.67 bits per heavy atom. The number of hydrogen-bond acceptors (Lipinski definition) is 10. The number of thiazole rings is 1. The van der Waals surface area contributed by atoms with E-state index in [2.05, 4.69) is 20.3 Å². The Labute approximate surface area is 282 Å². The summed E-state index contributed by atoms with van der Waals surface area (Å²) >= 11 is 0.728. The molecular formula is C32H33F3N7O6S. The van der Waals surface area contributed by atoms with Crippen LogP contribution in [-0.2, 0) is 15.8 Å². The number of hydrogen-bond donors (Lipinski definition) is 2. The largest absolute Gasteiger partial charge is 0.496 e. The second kappa shape index (κ2) is 13.2. The van der Waals surface area contributed by atoms with Gasteiger partial charge in [-0.05, 0) is 44.7 Å². The van der Waals surface area contributed by atoms with Crippen molar-refractivity contribution in [3.63, 3.8) is 0 Å². The Bertz CT molecular complexity index is 1830.